The van der Waals surface area contributed by atoms with E-state index >= 15 is 0 Å². The minimum atomic E-state index is 0.215. The molecule has 0 radical (unpaired) electrons. The number of aliphatic hydroxyl groups is 1. The second kappa shape index (κ2) is 8.15. The van der Waals surface area contributed by atoms with Crippen LogP contribution in [0.4, 0.5) is 0 Å². The van der Waals surface area contributed by atoms with Crippen LogP contribution in [0.5, 0.6) is 0 Å². The largest absolute Gasteiger partial charge is 0.396 e. The van der Waals surface area contributed by atoms with Crippen LogP contribution in [-0.4, -0.2) is 11.7 Å². The van der Waals surface area contributed by atoms with Crippen molar-refractivity contribution in [1.29, 1.82) is 0 Å². The van der Waals surface area contributed by atoms with E-state index in [9.17, 15) is 5.11 Å². The minimum absolute atomic E-state index is 0.215. The van der Waals surface area contributed by atoms with Crippen molar-refractivity contribution in [2.75, 3.05) is 6.61 Å². The van der Waals surface area contributed by atoms with Gasteiger partial charge >= 0.3 is 0 Å². The molecule has 0 aliphatic heterocycles. The lowest BCUT2D eigenvalue weighted by molar-refractivity contribution is 0.0771. The van der Waals surface area contributed by atoms with Crippen LogP contribution in [-0.2, 0) is 0 Å². The zero-order chi connectivity index (χ0) is 11.7. The SMILES string of the molecule is CCCCC(CC)(CO)CC(CC)CC. The third-order valence-electron chi connectivity index (χ3n) is 4.02. The monoisotopic (exact) mass is 214 g/mol. The zero-order valence-electron chi connectivity index (χ0n) is 11.2. The first-order chi connectivity index (χ1) is 7.17. The number of rotatable bonds is 9. The Balaban J connectivity index is 4.32. The summed E-state index contributed by atoms with van der Waals surface area (Å²) in [6.45, 7) is 9.38. The van der Waals surface area contributed by atoms with Crippen molar-refractivity contribution < 1.29 is 5.11 Å². The minimum Gasteiger partial charge on any atom is -0.396 e. The molecular weight excluding hydrogens is 184 g/mol. The van der Waals surface area contributed by atoms with Gasteiger partial charge in [-0.3, -0.25) is 0 Å². The average molecular weight is 214 g/mol. The Morgan fingerprint density at radius 1 is 1.07 bits per heavy atom. The third kappa shape index (κ3) is 5.01. The highest BCUT2D eigenvalue weighted by Crippen LogP contribution is 2.37. The molecule has 0 amide bonds. The van der Waals surface area contributed by atoms with Crippen LogP contribution in [0.1, 0.15) is 72.6 Å². The van der Waals surface area contributed by atoms with Gasteiger partial charge in [0, 0.05) is 6.61 Å². The van der Waals surface area contributed by atoms with Crippen molar-refractivity contribution in [2.45, 2.75) is 72.6 Å². The summed E-state index contributed by atoms with van der Waals surface area (Å²) >= 11 is 0. The van der Waals surface area contributed by atoms with E-state index in [1.807, 2.05) is 0 Å². The molecule has 0 aliphatic carbocycles. The molecule has 1 atom stereocenters. The van der Waals surface area contributed by atoms with Crippen molar-refractivity contribution in [3.8, 4) is 0 Å². The maximum absolute atomic E-state index is 9.64. The molecule has 1 unspecified atom stereocenters. The van der Waals surface area contributed by atoms with E-state index in [-0.39, 0.29) is 5.41 Å². The van der Waals surface area contributed by atoms with Crippen LogP contribution in [0.3, 0.4) is 0 Å². The summed E-state index contributed by atoms with van der Waals surface area (Å²) < 4.78 is 0. The lowest BCUT2D eigenvalue weighted by atomic mass is 9.73. The smallest absolute Gasteiger partial charge is 0.0487 e. The van der Waals surface area contributed by atoms with Gasteiger partial charge < -0.3 is 5.11 Å². The second-order valence-corrected chi connectivity index (χ2v) is 5.00. The molecule has 1 nitrogen and oxygen atoms in total. The quantitative estimate of drug-likeness (QED) is 0.603. The van der Waals surface area contributed by atoms with Gasteiger partial charge in [-0.05, 0) is 30.6 Å². The van der Waals surface area contributed by atoms with E-state index in [0.29, 0.717) is 6.61 Å². The molecule has 15 heavy (non-hydrogen) atoms. The Labute approximate surface area is 96.3 Å². The normalized spacial score (nSPS) is 15.6. The summed E-state index contributed by atoms with van der Waals surface area (Å²) in [6, 6.07) is 0. The van der Waals surface area contributed by atoms with Crippen molar-refractivity contribution in [3.63, 3.8) is 0 Å². The van der Waals surface area contributed by atoms with Crippen LogP contribution in [0, 0.1) is 11.3 Å². The maximum atomic E-state index is 9.64. The van der Waals surface area contributed by atoms with E-state index < -0.39 is 0 Å². The first kappa shape index (κ1) is 15.0. The number of hydrogen-bond acceptors (Lipinski definition) is 1. The Bertz CT molecular complexity index is 134. The van der Waals surface area contributed by atoms with E-state index in [2.05, 4.69) is 27.7 Å². The first-order valence-electron chi connectivity index (χ1n) is 6.78. The van der Waals surface area contributed by atoms with Crippen LogP contribution < -0.4 is 0 Å². The molecule has 1 heteroatoms. The predicted octanol–water partition coefficient (Wildman–Crippen LogP) is 4.39. The summed E-state index contributed by atoms with van der Waals surface area (Å²) in [5.41, 5.74) is 0.215. The Kier molecular flexibility index (Phi) is 8.13. The van der Waals surface area contributed by atoms with E-state index in [1.54, 1.807) is 0 Å². The summed E-state index contributed by atoms with van der Waals surface area (Å²) in [5.74, 6) is 0.800. The number of hydrogen-bond donors (Lipinski definition) is 1. The summed E-state index contributed by atoms with van der Waals surface area (Å²) in [5, 5.41) is 9.64. The van der Waals surface area contributed by atoms with Crippen LogP contribution >= 0.6 is 0 Å². The molecule has 0 aromatic heterocycles. The molecular formula is C14H30O. The molecule has 0 aliphatic rings. The molecule has 0 rings (SSSR count). The van der Waals surface area contributed by atoms with E-state index in [0.717, 1.165) is 12.3 Å². The Hall–Kier alpha value is -0.0400. The Morgan fingerprint density at radius 3 is 2.00 bits per heavy atom. The summed E-state index contributed by atoms with van der Waals surface area (Å²) in [7, 11) is 0. The molecule has 0 aromatic carbocycles. The molecule has 92 valence electrons. The van der Waals surface area contributed by atoms with Gasteiger partial charge in [0.05, 0.1) is 0 Å². The van der Waals surface area contributed by atoms with Gasteiger partial charge in [0.1, 0.15) is 0 Å². The maximum Gasteiger partial charge on any atom is 0.0487 e. The van der Waals surface area contributed by atoms with Crippen molar-refractivity contribution >= 4 is 0 Å². The van der Waals surface area contributed by atoms with Crippen molar-refractivity contribution in [2.24, 2.45) is 11.3 Å². The van der Waals surface area contributed by atoms with Gasteiger partial charge in [0.15, 0.2) is 0 Å². The molecule has 0 fully saturated rings. The number of aliphatic hydroxyl groups excluding tert-OH is 1. The fraction of sp³-hybridized carbons (Fsp3) is 1.00. The second-order valence-electron chi connectivity index (χ2n) is 5.00. The van der Waals surface area contributed by atoms with Gasteiger partial charge in [-0.25, -0.2) is 0 Å². The highest BCUT2D eigenvalue weighted by Gasteiger charge is 2.28. The average Bonchev–Trinajstić information content (AvgIpc) is 2.30. The van der Waals surface area contributed by atoms with E-state index in [1.165, 1.54) is 38.5 Å². The molecule has 0 saturated carbocycles. The summed E-state index contributed by atoms with van der Waals surface area (Å²) in [4.78, 5) is 0. The van der Waals surface area contributed by atoms with Gasteiger partial charge in [-0.2, -0.15) is 0 Å². The van der Waals surface area contributed by atoms with Gasteiger partial charge in [-0.15, -0.1) is 0 Å². The zero-order valence-corrected chi connectivity index (χ0v) is 11.2. The fourth-order valence-corrected chi connectivity index (χ4v) is 2.42. The van der Waals surface area contributed by atoms with Crippen molar-refractivity contribution in [3.05, 3.63) is 0 Å². The molecule has 0 aromatic rings. The lowest BCUT2D eigenvalue weighted by Crippen LogP contribution is -2.27. The van der Waals surface area contributed by atoms with Gasteiger partial charge in [0.25, 0.3) is 0 Å². The molecule has 0 spiro atoms. The number of unbranched alkanes of at least 4 members (excludes halogenated alkanes) is 1. The lowest BCUT2D eigenvalue weighted by Gasteiger charge is -2.34. The van der Waals surface area contributed by atoms with Crippen LogP contribution in [0.2, 0.25) is 0 Å². The first-order valence-corrected chi connectivity index (χ1v) is 6.78. The standard InChI is InChI=1S/C14H30O/c1-5-9-10-14(8-4,12-15)11-13(6-2)7-3/h13,15H,5-12H2,1-4H3. The molecule has 0 bridgehead atoms. The highest BCUT2D eigenvalue weighted by atomic mass is 16.3. The van der Waals surface area contributed by atoms with Crippen LogP contribution in [0.15, 0.2) is 0 Å². The summed E-state index contributed by atoms with van der Waals surface area (Å²) in [6.07, 6.45) is 8.55. The predicted molar refractivity (Wildman–Crippen MR) is 68.0 cm³/mol. The van der Waals surface area contributed by atoms with Crippen LogP contribution in [0.25, 0.3) is 0 Å². The molecule has 0 saturated heterocycles. The van der Waals surface area contributed by atoms with Gasteiger partial charge in [-0.1, -0.05) is 53.4 Å². The Morgan fingerprint density at radius 2 is 1.67 bits per heavy atom. The third-order valence-corrected chi connectivity index (χ3v) is 4.02. The highest BCUT2D eigenvalue weighted by molar-refractivity contribution is 4.79. The molecule has 1 N–H and O–H groups in total. The topological polar surface area (TPSA) is 20.2 Å². The van der Waals surface area contributed by atoms with Crippen molar-refractivity contribution in [1.82, 2.24) is 0 Å². The fourth-order valence-electron chi connectivity index (χ4n) is 2.42. The van der Waals surface area contributed by atoms with Gasteiger partial charge in [0.2, 0.25) is 0 Å². The molecule has 0 heterocycles. The van der Waals surface area contributed by atoms with E-state index in [4.69, 9.17) is 0 Å².